The minimum absolute atomic E-state index is 0.210. The Morgan fingerprint density at radius 3 is 2.93 bits per heavy atom. The summed E-state index contributed by atoms with van der Waals surface area (Å²) in [5.41, 5.74) is 0.904. The highest BCUT2D eigenvalue weighted by atomic mass is 32.2. The number of nitrogens with one attached hydrogen (secondary N) is 1. The fraction of sp³-hybridized carbons (Fsp3) is 0.429. The molecule has 0 spiro atoms. The summed E-state index contributed by atoms with van der Waals surface area (Å²) in [6.07, 6.45) is 6.20. The van der Waals surface area contributed by atoms with Crippen LogP contribution in [-0.4, -0.2) is 39.9 Å². The van der Waals surface area contributed by atoms with E-state index in [4.69, 9.17) is 4.74 Å². The summed E-state index contributed by atoms with van der Waals surface area (Å²) >= 11 is 1.93. The number of thioether (sulfide) groups is 1. The van der Waals surface area contributed by atoms with Crippen LogP contribution in [0.4, 0.5) is 5.82 Å². The molecule has 0 amide bonds. The Labute approximate surface area is 164 Å². The van der Waals surface area contributed by atoms with Crippen molar-refractivity contribution in [1.29, 1.82) is 0 Å². The summed E-state index contributed by atoms with van der Waals surface area (Å²) in [4.78, 5) is 15.6. The van der Waals surface area contributed by atoms with Crippen LogP contribution < -0.4 is 9.64 Å². The van der Waals surface area contributed by atoms with Gasteiger partial charge < -0.3 is 14.6 Å². The normalized spacial score (nSPS) is 19.3. The number of nitrogens with zero attached hydrogens (tertiary/aromatic N) is 3. The highest BCUT2D eigenvalue weighted by Crippen LogP contribution is 2.38. The number of H-pyrrole nitrogens is 1. The summed E-state index contributed by atoms with van der Waals surface area (Å²) in [5, 5.41) is 1.10. The zero-order valence-electron chi connectivity index (χ0n) is 16.1. The predicted molar refractivity (Wildman–Crippen MR) is 112 cm³/mol. The van der Waals surface area contributed by atoms with E-state index in [0.717, 1.165) is 34.3 Å². The van der Waals surface area contributed by atoms with Crippen molar-refractivity contribution in [2.45, 2.75) is 43.7 Å². The molecule has 1 fully saturated rings. The van der Waals surface area contributed by atoms with Gasteiger partial charge in [-0.2, -0.15) is 0 Å². The molecule has 1 saturated carbocycles. The molecule has 27 heavy (non-hydrogen) atoms. The molecule has 0 atom stereocenters. The predicted octanol–water partition coefficient (Wildman–Crippen LogP) is 4.75. The minimum atomic E-state index is 0.210. The van der Waals surface area contributed by atoms with E-state index >= 15 is 0 Å². The van der Waals surface area contributed by atoms with E-state index in [1.54, 1.807) is 6.33 Å². The van der Waals surface area contributed by atoms with Crippen molar-refractivity contribution in [2.75, 3.05) is 17.7 Å². The third-order valence-corrected chi connectivity index (χ3v) is 6.31. The fourth-order valence-electron chi connectivity index (χ4n) is 3.59. The molecule has 5 nitrogen and oxygen atoms in total. The standard InChI is InChI=1S/C21H26N4OS/c1-14(2)26-17-5-4-6-18(11-17)27-12-15-9-16(10-15)25(3)21-19-7-8-22-20(19)23-13-24-21/h4-8,11,13-16H,9-10,12H2,1-3H3,(H,22,23,24). The zero-order chi connectivity index (χ0) is 18.8. The van der Waals surface area contributed by atoms with Crippen LogP contribution in [0.15, 0.2) is 47.8 Å². The van der Waals surface area contributed by atoms with Gasteiger partial charge in [-0.25, -0.2) is 9.97 Å². The van der Waals surface area contributed by atoms with E-state index in [-0.39, 0.29) is 6.10 Å². The number of fused-ring (bicyclic) bond motifs is 1. The molecule has 1 aromatic carbocycles. The maximum atomic E-state index is 5.79. The Kier molecular flexibility index (Phi) is 5.25. The second kappa shape index (κ2) is 7.80. The number of hydrogen-bond donors (Lipinski definition) is 1. The maximum Gasteiger partial charge on any atom is 0.142 e. The second-order valence-electron chi connectivity index (χ2n) is 7.49. The molecule has 1 aliphatic carbocycles. The molecular formula is C21H26N4OS. The summed E-state index contributed by atoms with van der Waals surface area (Å²) in [5.74, 6) is 3.88. The Morgan fingerprint density at radius 1 is 1.26 bits per heavy atom. The van der Waals surface area contributed by atoms with Crippen LogP contribution in [-0.2, 0) is 0 Å². The van der Waals surface area contributed by atoms with Crippen molar-refractivity contribution < 1.29 is 4.74 Å². The largest absolute Gasteiger partial charge is 0.491 e. The summed E-state index contributed by atoms with van der Waals surface area (Å²) in [6, 6.07) is 11.0. The first-order chi connectivity index (χ1) is 13.1. The number of benzene rings is 1. The van der Waals surface area contributed by atoms with E-state index in [1.165, 1.54) is 17.7 Å². The lowest BCUT2D eigenvalue weighted by atomic mass is 9.81. The van der Waals surface area contributed by atoms with E-state index in [1.807, 2.05) is 24.0 Å². The Balaban J connectivity index is 1.30. The first-order valence-electron chi connectivity index (χ1n) is 9.50. The van der Waals surface area contributed by atoms with Crippen molar-refractivity contribution in [3.8, 4) is 5.75 Å². The van der Waals surface area contributed by atoms with Crippen molar-refractivity contribution >= 4 is 28.6 Å². The third-order valence-electron chi connectivity index (χ3n) is 5.09. The van der Waals surface area contributed by atoms with Crippen LogP contribution in [0.5, 0.6) is 5.75 Å². The Morgan fingerprint density at radius 2 is 2.11 bits per heavy atom. The van der Waals surface area contributed by atoms with Crippen LogP contribution in [0.1, 0.15) is 26.7 Å². The molecule has 4 rings (SSSR count). The lowest BCUT2D eigenvalue weighted by molar-refractivity contribution is 0.242. The number of rotatable bonds is 7. The molecule has 6 heteroatoms. The van der Waals surface area contributed by atoms with E-state index < -0.39 is 0 Å². The molecule has 2 aromatic heterocycles. The van der Waals surface area contributed by atoms with Crippen LogP contribution >= 0.6 is 11.8 Å². The lowest BCUT2D eigenvalue weighted by Crippen LogP contribution is -2.43. The van der Waals surface area contributed by atoms with Crippen LogP contribution in [0, 0.1) is 5.92 Å². The van der Waals surface area contributed by atoms with Crippen molar-refractivity contribution in [2.24, 2.45) is 5.92 Å². The summed E-state index contributed by atoms with van der Waals surface area (Å²) in [7, 11) is 2.15. The SMILES string of the molecule is CC(C)Oc1cccc(SCC2CC(N(C)c3ncnc4[nH]ccc34)C2)c1. The Hall–Kier alpha value is -2.21. The number of anilines is 1. The molecule has 0 bridgehead atoms. The van der Waals surface area contributed by atoms with Gasteiger partial charge in [-0.1, -0.05) is 6.07 Å². The monoisotopic (exact) mass is 382 g/mol. The van der Waals surface area contributed by atoms with Gasteiger partial charge in [0, 0.05) is 29.9 Å². The van der Waals surface area contributed by atoms with Crippen LogP contribution in [0.25, 0.3) is 11.0 Å². The Bertz CT molecular complexity index is 904. The number of aromatic amines is 1. The van der Waals surface area contributed by atoms with Crippen LogP contribution in [0.2, 0.25) is 0 Å². The van der Waals surface area contributed by atoms with Gasteiger partial charge >= 0.3 is 0 Å². The van der Waals surface area contributed by atoms with Gasteiger partial charge in [-0.05, 0) is 56.9 Å². The lowest BCUT2D eigenvalue weighted by Gasteiger charge is -2.41. The zero-order valence-corrected chi connectivity index (χ0v) is 16.9. The average molecular weight is 383 g/mol. The smallest absolute Gasteiger partial charge is 0.142 e. The molecule has 0 saturated heterocycles. The first kappa shape index (κ1) is 18.2. The number of ether oxygens (including phenoxy) is 1. The fourth-order valence-corrected chi connectivity index (χ4v) is 4.66. The molecule has 142 valence electrons. The van der Waals surface area contributed by atoms with E-state index in [9.17, 15) is 0 Å². The minimum Gasteiger partial charge on any atom is -0.491 e. The van der Waals surface area contributed by atoms with Crippen LogP contribution in [0.3, 0.4) is 0 Å². The molecular weight excluding hydrogens is 356 g/mol. The number of hydrogen-bond acceptors (Lipinski definition) is 5. The maximum absolute atomic E-state index is 5.79. The van der Waals surface area contributed by atoms with Gasteiger partial charge in [-0.15, -0.1) is 11.8 Å². The van der Waals surface area contributed by atoms with Crippen molar-refractivity contribution in [3.63, 3.8) is 0 Å². The van der Waals surface area contributed by atoms with Gasteiger partial charge in [0.25, 0.3) is 0 Å². The third kappa shape index (κ3) is 4.05. The average Bonchev–Trinajstić information content (AvgIpc) is 3.08. The van der Waals surface area contributed by atoms with E-state index in [0.29, 0.717) is 6.04 Å². The van der Waals surface area contributed by atoms with Gasteiger partial charge in [0.05, 0.1) is 11.5 Å². The van der Waals surface area contributed by atoms with Gasteiger partial charge in [-0.3, -0.25) is 0 Å². The second-order valence-corrected chi connectivity index (χ2v) is 8.59. The highest BCUT2D eigenvalue weighted by molar-refractivity contribution is 7.99. The van der Waals surface area contributed by atoms with Gasteiger partial charge in [0.1, 0.15) is 23.5 Å². The first-order valence-corrected chi connectivity index (χ1v) is 10.5. The molecule has 0 radical (unpaired) electrons. The van der Waals surface area contributed by atoms with Crippen molar-refractivity contribution in [3.05, 3.63) is 42.9 Å². The van der Waals surface area contributed by atoms with Gasteiger partial charge in [0.15, 0.2) is 0 Å². The summed E-state index contributed by atoms with van der Waals surface area (Å²) in [6.45, 7) is 4.12. The van der Waals surface area contributed by atoms with E-state index in [2.05, 4.69) is 65.0 Å². The van der Waals surface area contributed by atoms with Crippen molar-refractivity contribution in [1.82, 2.24) is 15.0 Å². The topological polar surface area (TPSA) is 54.0 Å². The molecule has 0 aliphatic heterocycles. The van der Waals surface area contributed by atoms with Gasteiger partial charge in [0.2, 0.25) is 0 Å². The molecule has 1 aliphatic rings. The molecule has 1 N–H and O–H groups in total. The molecule has 0 unspecified atom stereocenters. The summed E-state index contributed by atoms with van der Waals surface area (Å²) < 4.78 is 5.79. The quantitative estimate of drug-likeness (QED) is 0.598. The highest BCUT2D eigenvalue weighted by Gasteiger charge is 2.33. The molecule has 3 aromatic rings. The molecule has 2 heterocycles. The number of aromatic nitrogens is 3.